The van der Waals surface area contributed by atoms with Crippen LogP contribution in [0, 0.1) is 26.7 Å². The molecule has 1 aliphatic heterocycles. The summed E-state index contributed by atoms with van der Waals surface area (Å²) in [4.78, 5) is 12.7. The van der Waals surface area contributed by atoms with E-state index in [1.54, 1.807) is 12.3 Å². The molecule has 0 fully saturated rings. The van der Waals surface area contributed by atoms with Crippen molar-refractivity contribution in [3.8, 4) is 6.07 Å². The van der Waals surface area contributed by atoms with Gasteiger partial charge in [0.2, 0.25) is 0 Å². The molecule has 0 bridgehead atoms. The number of benzene rings is 2. The fourth-order valence-electron chi connectivity index (χ4n) is 2.66. The van der Waals surface area contributed by atoms with Crippen molar-refractivity contribution >= 4 is 35.6 Å². The van der Waals surface area contributed by atoms with E-state index in [9.17, 15) is 5.26 Å². The summed E-state index contributed by atoms with van der Waals surface area (Å²) in [5, 5.41) is 25.8. The number of aliphatic imine (C=N–C) groups is 1. The first-order valence-electron chi connectivity index (χ1n) is 7.76. The quantitative estimate of drug-likeness (QED) is 0.438. The summed E-state index contributed by atoms with van der Waals surface area (Å²) in [6.07, 6.45) is 4.28. The van der Waals surface area contributed by atoms with Gasteiger partial charge in [-0.15, -0.1) is 0 Å². The van der Waals surface area contributed by atoms with E-state index in [2.05, 4.69) is 11.1 Å². The standard InChI is InChI=1S/C18H14Cl2N3.NO3/c19-15-7-5-14(6-8-15)9-11-23-12-10-22-18(23,13-21)16-3-1-2-4-17(16)20;2-1(3)4/h1-8,10,12H,9,11H2;/q+1;-1. The van der Waals surface area contributed by atoms with Crippen molar-refractivity contribution in [1.29, 1.82) is 5.26 Å². The molecule has 138 valence electrons. The largest absolute Gasteiger partial charge is 0.372 e. The highest BCUT2D eigenvalue weighted by Gasteiger charge is 2.47. The van der Waals surface area contributed by atoms with E-state index >= 15 is 0 Å². The van der Waals surface area contributed by atoms with Gasteiger partial charge in [0.1, 0.15) is 0 Å². The number of hydrogen-bond acceptors (Lipinski definition) is 5. The minimum atomic E-state index is -1.75. The first-order valence-corrected chi connectivity index (χ1v) is 8.52. The van der Waals surface area contributed by atoms with Gasteiger partial charge in [-0.2, -0.15) is 14.8 Å². The number of hydrogen-bond donors (Lipinski definition) is 0. The molecule has 0 saturated carbocycles. The van der Waals surface area contributed by atoms with Crippen molar-refractivity contribution in [1.82, 2.24) is 0 Å². The molecule has 1 aliphatic rings. The molecule has 9 heteroatoms. The second kappa shape index (κ2) is 9.12. The first-order chi connectivity index (χ1) is 12.9. The van der Waals surface area contributed by atoms with E-state index in [0.29, 0.717) is 22.2 Å². The zero-order valence-corrected chi connectivity index (χ0v) is 15.5. The minimum Gasteiger partial charge on any atom is -0.356 e. The van der Waals surface area contributed by atoms with Crippen LogP contribution < -0.4 is 0 Å². The van der Waals surface area contributed by atoms with Crippen LogP contribution in [0.5, 0.6) is 0 Å². The van der Waals surface area contributed by atoms with Gasteiger partial charge >= 0.3 is 5.66 Å². The molecule has 0 spiro atoms. The Balaban J connectivity index is 0.000000596. The fourth-order valence-corrected chi connectivity index (χ4v) is 3.06. The van der Waals surface area contributed by atoms with Crippen LogP contribution >= 0.6 is 23.2 Å². The highest BCUT2D eigenvalue weighted by molar-refractivity contribution is 6.31. The molecule has 27 heavy (non-hydrogen) atoms. The molecule has 0 aliphatic carbocycles. The molecule has 0 saturated heterocycles. The second-order valence-corrected chi connectivity index (χ2v) is 6.33. The summed E-state index contributed by atoms with van der Waals surface area (Å²) < 4.78 is 1.92. The van der Waals surface area contributed by atoms with Crippen LogP contribution in [0.2, 0.25) is 10.0 Å². The maximum absolute atomic E-state index is 9.80. The normalized spacial score (nSPS) is 17.4. The van der Waals surface area contributed by atoms with Crippen LogP contribution in [0.3, 0.4) is 0 Å². The van der Waals surface area contributed by atoms with Gasteiger partial charge in [0.15, 0.2) is 18.8 Å². The van der Waals surface area contributed by atoms with E-state index < -0.39 is 10.7 Å². The monoisotopic (exact) mass is 404 g/mol. The van der Waals surface area contributed by atoms with Crippen LogP contribution in [0.15, 0.2) is 53.5 Å². The van der Waals surface area contributed by atoms with Crippen LogP contribution in [0.4, 0.5) is 0 Å². The summed E-state index contributed by atoms with van der Waals surface area (Å²) in [6.45, 7) is 0.653. The molecule has 2 aromatic carbocycles. The predicted molar refractivity (Wildman–Crippen MR) is 104 cm³/mol. The van der Waals surface area contributed by atoms with E-state index in [0.717, 1.165) is 12.0 Å². The van der Waals surface area contributed by atoms with Crippen molar-refractivity contribution in [2.45, 2.75) is 12.1 Å². The van der Waals surface area contributed by atoms with Crippen molar-refractivity contribution < 1.29 is 9.66 Å². The van der Waals surface area contributed by atoms with Crippen molar-refractivity contribution in [3.63, 3.8) is 0 Å². The lowest BCUT2D eigenvalue weighted by Gasteiger charge is -2.18. The van der Waals surface area contributed by atoms with Crippen LogP contribution in [0.1, 0.15) is 11.1 Å². The Morgan fingerprint density at radius 2 is 1.78 bits per heavy atom. The second-order valence-electron chi connectivity index (χ2n) is 5.48. The summed E-state index contributed by atoms with van der Waals surface area (Å²) in [6, 6.07) is 17.4. The Morgan fingerprint density at radius 3 is 2.37 bits per heavy atom. The van der Waals surface area contributed by atoms with Gasteiger partial charge in [-0.05, 0) is 29.8 Å². The number of rotatable bonds is 4. The van der Waals surface area contributed by atoms with Crippen molar-refractivity contribution in [2.24, 2.45) is 4.99 Å². The zero-order valence-electron chi connectivity index (χ0n) is 14.0. The molecule has 1 heterocycles. The summed E-state index contributed by atoms with van der Waals surface area (Å²) >= 11 is 12.2. The molecule has 0 aromatic heterocycles. The summed E-state index contributed by atoms with van der Waals surface area (Å²) in [5.74, 6) is 0. The van der Waals surface area contributed by atoms with Crippen LogP contribution in [0.25, 0.3) is 0 Å². The van der Waals surface area contributed by atoms with Crippen LogP contribution in [-0.4, -0.2) is 28.6 Å². The zero-order chi connectivity index (χ0) is 19.9. The SMILES string of the molecule is N#CC1(c2ccccc2Cl)N=CC=[N+]1CCc1ccc(Cl)cc1.O=[N+]([O-])[O-]. The Labute approximate surface area is 165 Å². The van der Waals surface area contributed by atoms with Gasteiger partial charge in [-0.3, -0.25) is 0 Å². The maximum Gasteiger partial charge on any atom is 0.372 e. The lowest BCUT2D eigenvalue weighted by molar-refractivity contribution is -0.590. The molecule has 2 aromatic rings. The maximum atomic E-state index is 9.80. The molecule has 1 unspecified atom stereocenters. The third-order valence-electron chi connectivity index (χ3n) is 3.88. The lowest BCUT2D eigenvalue weighted by Crippen LogP contribution is -2.36. The third kappa shape index (κ3) is 5.03. The van der Waals surface area contributed by atoms with E-state index in [-0.39, 0.29) is 0 Å². The molecule has 3 rings (SSSR count). The van der Waals surface area contributed by atoms with E-state index in [1.807, 2.05) is 53.3 Å². The third-order valence-corrected chi connectivity index (χ3v) is 4.47. The van der Waals surface area contributed by atoms with Gasteiger partial charge in [-0.1, -0.05) is 47.5 Å². The summed E-state index contributed by atoms with van der Waals surface area (Å²) in [5.41, 5.74) is 0.760. The van der Waals surface area contributed by atoms with Gasteiger partial charge in [0.25, 0.3) is 0 Å². The number of halogens is 2. The topological polar surface area (TPSA) is 105 Å². The Kier molecular flexibility index (Phi) is 6.88. The molecule has 0 radical (unpaired) electrons. The average Bonchev–Trinajstić information content (AvgIpc) is 3.05. The van der Waals surface area contributed by atoms with Crippen molar-refractivity contribution in [2.75, 3.05) is 6.54 Å². The molecule has 0 N–H and O–H groups in total. The van der Waals surface area contributed by atoms with Gasteiger partial charge in [-0.25, -0.2) is 0 Å². The Hall–Kier alpha value is -2.95. The van der Waals surface area contributed by atoms with E-state index in [1.165, 1.54) is 0 Å². The Morgan fingerprint density at radius 1 is 1.15 bits per heavy atom. The smallest absolute Gasteiger partial charge is 0.356 e. The summed E-state index contributed by atoms with van der Waals surface area (Å²) in [7, 11) is 0. The number of nitrogens with zero attached hydrogens (tertiary/aromatic N) is 4. The first kappa shape index (κ1) is 20.4. The van der Waals surface area contributed by atoms with Crippen molar-refractivity contribution in [3.05, 3.63) is 85.0 Å². The minimum absolute atomic E-state index is 0.540. The molecule has 0 amide bonds. The molecule has 7 nitrogen and oxygen atoms in total. The van der Waals surface area contributed by atoms with E-state index in [4.69, 9.17) is 38.5 Å². The highest BCUT2D eigenvalue weighted by atomic mass is 35.5. The lowest BCUT2D eigenvalue weighted by atomic mass is 10.0. The number of nitriles is 1. The molecule has 1 atom stereocenters. The average molecular weight is 405 g/mol. The van der Waals surface area contributed by atoms with Crippen LogP contribution in [-0.2, 0) is 12.1 Å². The predicted octanol–water partition coefficient (Wildman–Crippen LogP) is 3.84. The molecular formula is C18H14Cl2N4O3. The Bertz CT molecular complexity index is 919. The highest BCUT2D eigenvalue weighted by Crippen LogP contribution is 2.33. The van der Waals surface area contributed by atoms with Gasteiger partial charge < -0.3 is 15.3 Å². The van der Waals surface area contributed by atoms with Gasteiger partial charge in [0.05, 0.1) is 21.9 Å². The molecular weight excluding hydrogens is 391 g/mol. The van der Waals surface area contributed by atoms with Gasteiger partial charge in [0, 0.05) is 11.4 Å². The fraction of sp³-hybridized carbons (Fsp3) is 0.167.